The first-order valence-electron chi connectivity index (χ1n) is 10.7. The molecular formula is C23H26F3N5O2. The SMILES string of the molecule is COC1CCN(c2cnc3c(C)nnc(N[C@H](C)c4cc(O)cc(C(F)(F)F)c4)c3c2)CC1. The van der Waals surface area contributed by atoms with E-state index in [0.29, 0.717) is 23.1 Å². The maximum absolute atomic E-state index is 13.2. The fraction of sp³-hybridized carbons (Fsp3) is 0.435. The molecule has 1 aliphatic rings. The highest BCUT2D eigenvalue weighted by atomic mass is 19.4. The summed E-state index contributed by atoms with van der Waals surface area (Å²) in [6.07, 6.45) is -0.655. The summed E-state index contributed by atoms with van der Waals surface area (Å²) in [5.41, 5.74) is 1.64. The molecule has 1 aliphatic heterocycles. The molecule has 176 valence electrons. The van der Waals surface area contributed by atoms with Crippen molar-refractivity contribution < 1.29 is 23.0 Å². The predicted molar refractivity (Wildman–Crippen MR) is 119 cm³/mol. The number of piperidine rings is 1. The van der Waals surface area contributed by atoms with Crippen LogP contribution in [-0.2, 0) is 10.9 Å². The number of nitrogens with one attached hydrogen (secondary N) is 1. The molecule has 1 aromatic carbocycles. The van der Waals surface area contributed by atoms with E-state index in [0.717, 1.165) is 43.1 Å². The van der Waals surface area contributed by atoms with E-state index in [4.69, 9.17) is 4.74 Å². The highest BCUT2D eigenvalue weighted by molar-refractivity contribution is 5.92. The summed E-state index contributed by atoms with van der Waals surface area (Å²) in [5, 5.41) is 22.1. The van der Waals surface area contributed by atoms with Gasteiger partial charge in [0.1, 0.15) is 5.75 Å². The van der Waals surface area contributed by atoms with Crippen molar-refractivity contribution in [1.82, 2.24) is 15.2 Å². The molecule has 0 saturated carbocycles. The van der Waals surface area contributed by atoms with E-state index in [2.05, 4.69) is 25.4 Å². The van der Waals surface area contributed by atoms with Gasteiger partial charge < -0.3 is 20.1 Å². The Morgan fingerprint density at radius 1 is 1.15 bits per heavy atom. The predicted octanol–water partition coefficient (Wildman–Crippen LogP) is 4.85. The van der Waals surface area contributed by atoms with Crippen LogP contribution >= 0.6 is 0 Å². The monoisotopic (exact) mass is 461 g/mol. The van der Waals surface area contributed by atoms with Crippen molar-refractivity contribution in [3.05, 3.63) is 47.3 Å². The van der Waals surface area contributed by atoms with Gasteiger partial charge in [-0.15, -0.1) is 5.10 Å². The third-order valence-electron chi connectivity index (χ3n) is 6.03. The Kier molecular flexibility index (Phi) is 6.29. The number of aryl methyl sites for hydroxylation is 1. The van der Waals surface area contributed by atoms with Gasteiger partial charge in [-0.25, -0.2) is 0 Å². The zero-order valence-corrected chi connectivity index (χ0v) is 18.6. The number of benzene rings is 1. The number of rotatable bonds is 5. The molecule has 0 amide bonds. The molecule has 0 radical (unpaired) electrons. The lowest BCUT2D eigenvalue weighted by Crippen LogP contribution is -2.36. The number of nitrogens with zero attached hydrogens (tertiary/aromatic N) is 4. The first-order chi connectivity index (χ1) is 15.7. The zero-order valence-electron chi connectivity index (χ0n) is 18.6. The average Bonchev–Trinajstić information content (AvgIpc) is 2.79. The third-order valence-corrected chi connectivity index (χ3v) is 6.03. The van der Waals surface area contributed by atoms with Crippen molar-refractivity contribution in [3.63, 3.8) is 0 Å². The Morgan fingerprint density at radius 3 is 2.55 bits per heavy atom. The van der Waals surface area contributed by atoms with Gasteiger partial charge >= 0.3 is 6.18 Å². The molecule has 33 heavy (non-hydrogen) atoms. The summed E-state index contributed by atoms with van der Waals surface area (Å²) in [6, 6.07) is 4.45. The number of phenols is 1. The Bertz CT molecular complexity index is 1150. The number of pyridine rings is 1. The van der Waals surface area contributed by atoms with Gasteiger partial charge in [0.2, 0.25) is 0 Å². The maximum Gasteiger partial charge on any atom is 0.416 e. The second kappa shape index (κ2) is 9.01. The largest absolute Gasteiger partial charge is 0.508 e. The second-order valence-corrected chi connectivity index (χ2v) is 8.32. The molecule has 7 nitrogen and oxygen atoms in total. The molecule has 1 saturated heterocycles. The van der Waals surface area contributed by atoms with Crippen LogP contribution in [0.2, 0.25) is 0 Å². The minimum absolute atomic E-state index is 0.254. The lowest BCUT2D eigenvalue weighted by Gasteiger charge is -2.32. The fourth-order valence-corrected chi connectivity index (χ4v) is 4.11. The number of methoxy groups -OCH3 is 1. The van der Waals surface area contributed by atoms with Crippen LogP contribution in [0.25, 0.3) is 10.9 Å². The Balaban J connectivity index is 1.65. The van der Waals surface area contributed by atoms with E-state index in [9.17, 15) is 18.3 Å². The summed E-state index contributed by atoms with van der Waals surface area (Å²) in [5.74, 6) is -0.0298. The molecule has 2 N–H and O–H groups in total. The van der Waals surface area contributed by atoms with Gasteiger partial charge in [0.15, 0.2) is 5.82 Å². The van der Waals surface area contributed by atoms with E-state index in [-0.39, 0.29) is 11.7 Å². The second-order valence-electron chi connectivity index (χ2n) is 8.32. The van der Waals surface area contributed by atoms with Crippen molar-refractivity contribution in [2.45, 2.75) is 45.0 Å². The van der Waals surface area contributed by atoms with Crippen LogP contribution in [0.1, 0.15) is 42.6 Å². The van der Waals surface area contributed by atoms with E-state index in [1.807, 2.05) is 19.2 Å². The number of ether oxygens (including phenoxy) is 1. The smallest absolute Gasteiger partial charge is 0.416 e. The van der Waals surface area contributed by atoms with E-state index in [1.54, 1.807) is 14.0 Å². The van der Waals surface area contributed by atoms with Crippen LogP contribution in [0.15, 0.2) is 30.5 Å². The summed E-state index contributed by atoms with van der Waals surface area (Å²) >= 11 is 0. The van der Waals surface area contributed by atoms with Crippen molar-refractivity contribution in [3.8, 4) is 5.75 Å². The van der Waals surface area contributed by atoms with Crippen LogP contribution in [0, 0.1) is 6.92 Å². The lowest BCUT2D eigenvalue weighted by molar-refractivity contribution is -0.137. The standard InChI is InChI=1S/C23H26F3N5O2/c1-13(15-8-16(23(24,25)26)10-18(32)9-15)28-22-20-11-17(12-27-21(20)14(2)29-30-22)31-6-4-19(33-3)5-7-31/h8-13,19,32H,4-7H2,1-3H3,(H,28,30)/t13-/m1/s1. The van der Waals surface area contributed by atoms with Gasteiger partial charge in [-0.05, 0) is 56.5 Å². The molecular weight excluding hydrogens is 435 g/mol. The number of aromatic nitrogens is 3. The van der Waals surface area contributed by atoms with Crippen LogP contribution in [0.3, 0.4) is 0 Å². The van der Waals surface area contributed by atoms with Crippen molar-refractivity contribution in [1.29, 1.82) is 0 Å². The van der Waals surface area contributed by atoms with Gasteiger partial charge in [-0.1, -0.05) is 0 Å². The van der Waals surface area contributed by atoms with Crippen molar-refractivity contribution in [2.75, 3.05) is 30.4 Å². The van der Waals surface area contributed by atoms with Crippen LogP contribution < -0.4 is 10.2 Å². The number of halogens is 3. The van der Waals surface area contributed by atoms with Gasteiger partial charge in [-0.2, -0.15) is 18.3 Å². The first kappa shape index (κ1) is 23.0. The number of alkyl halides is 3. The van der Waals surface area contributed by atoms with Gasteiger partial charge in [0.25, 0.3) is 0 Å². The molecule has 0 unspecified atom stereocenters. The molecule has 2 aromatic heterocycles. The third kappa shape index (κ3) is 4.95. The van der Waals surface area contributed by atoms with Crippen molar-refractivity contribution in [2.24, 2.45) is 0 Å². The first-order valence-corrected chi connectivity index (χ1v) is 10.7. The number of aromatic hydroxyl groups is 1. The number of hydrogen-bond acceptors (Lipinski definition) is 7. The quantitative estimate of drug-likeness (QED) is 0.562. The topological polar surface area (TPSA) is 83.4 Å². The normalized spacial score (nSPS) is 16.2. The summed E-state index contributed by atoms with van der Waals surface area (Å²) in [7, 11) is 1.72. The Labute approximate surface area is 189 Å². The molecule has 3 aromatic rings. The van der Waals surface area contributed by atoms with Crippen molar-refractivity contribution >= 4 is 22.4 Å². The van der Waals surface area contributed by atoms with Crippen LogP contribution in [-0.4, -0.2) is 46.6 Å². The summed E-state index contributed by atoms with van der Waals surface area (Å²) in [6.45, 7) is 5.19. The number of fused-ring (bicyclic) bond motifs is 1. The highest BCUT2D eigenvalue weighted by Crippen LogP contribution is 2.35. The fourth-order valence-electron chi connectivity index (χ4n) is 4.11. The van der Waals surface area contributed by atoms with E-state index >= 15 is 0 Å². The van der Waals surface area contributed by atoms with Crippen LogP contribution in [0.5, 0.6) is 5.75 Å². The molecule has 10 heteroatoms. The van der Waals surface area contributed by atoms with E-state index < -0.39 is 23.5 Å². The Morgan fingerprint density at radius 2 is 1.88 bits per heavy atom. The van der Waals surface area contributed by atoms with Gasteiger partial charge in [-0.3, -0.25) is 4.98 Å². The molecule has 0 aliphatic carbocycles. The maximum atomic E-state index is 13.2. The molecule has 1 fully saturated rings. The minimum Gasteiger partial charge on any atom is -0.508 e. The van der Waals surface area contributed by atoms with Gasteiger partial charge in [0, 0.05) is 25.6 Å². The number of phenolic OH excluding ortho intramolecular Hbond substituents is 1. The van der Waals surface area contributed by atoms with Gasteiger partial charge in [0.05, 0.1) is 40.8 Å². The minimum atomic E-state index is -4.56. The summed E-state index contributed by atoms with van der Waals surface area (Å²) in [4.78, 5) is 6.82. The number of anilines is 2. The highest BCUT2D eigenvalue weighted by Gasteiger charge is 2.32. The summed E-state index contributed by atoms with van der Waals surface area (Å²) < 4.78 is 45.0. The molecule has 3 heterocycles. The molecule has 0 bridgehead atoms. The Hall–Kier alpha value is -3.14. The number of hydrogen-bond donors (Lipinski definition) is 2. The molecule has 4 rings (SSSR count). The zero-order chi connectivity index (χ0) is 23.8. The molecule has 0 spiro atoms. The van der Waals surface area contributed by atoms with E-state index in [1.165, 1.54) is 6.07 Å². The average molecular weight is 461 g/mol. The molecule has 1 atom stereocenters. The lowest BCUT2D eigenvalue weighted by atomic mass is 10.0. The van der Waals surface area contributed by atoms with Crippen LogP contribution in [0.4, 0.5) is 24.7 Å².